The third kappa shape index (κ3) is 11.7. The summed E-state index contributed by atoms with van der Waals surface area (Å²) < 4.78 is 27.5. The molecule has 362 valence electrons. The van der Waals surface area contributed by atoms with Crippen LogP contribution in [0.3, 0.4) is 0 Å². The Morgan fingerprint density at radius 3 is 2.35 bits per heavy atom. The van der Waals surface area contributed by atoms with Crippen molar-refractivity contribution in [3.63, 3.8) is 0 Å². The maximum Gasteiger partial charge on any atom is 0.311 e. The Kier molecular flexibility index (Phi) is 17.0. The van der Waals surface area contributed by atoms with E-state index in [1.54, 1.807) is 46.8 Å². The molecule has 6 rings (SSSR count). The van der Waals surface area contributed by atoms with Crippen LogP contribution in [0.25, 0.3) is 0 Å². The van der Waals surface area contributed by atoms with Gasteiger partial charge in [-0.05, 0) is 90.1 Å². The standard InChI is InChI=1S/C48H73N5O11S/c1-9-38-48(7,60)42(58)29(3)40(56)34-24-47(6,61-27-34)43(30(4)39(55)31(5)45(59)63-38)64-46-41(57)36(23-28(2)62-46)51(8)25-32-16-18-33(19-17-32)35-26-53(50-49-35)22-13-11-10-12-20-52-21-14-15-37(54)44(52)65/h14-19,21,28-31,34-36,38-39,41-43,46,54-55,57-58,60H,9-13,20,22-27H2,1-8H3/t28-,29+,30+,31-,34+,35?,36+,38-,39+,41-,42-,43-,46+,47-,48-/m1/s1. The van der Waals surface area contributed by atoms with Gasteiger partial charge in [0, 0.05) is 49.6 Å². The molecule has 65 heavy (non-hydrogen) atoms. The molecule has 1 unspecified atom stereocenters. The Balaban J connectivity index is 1.06. The van der Waals surface area contributed by atoms with E-state index >= 15 is 0 Å². The summed E-state index contributed by atoms with van der Waals surface area (Å²) in [6, 6.07) is 11.3. The first-order valence-electron chi connectivity index (χ1n) is 23.5. The largest absolute Gasteiger partial charge is 0.505 e. The van der Waals surface area contributed by atoms with Gasteiger partial charge in [-0.1, -0.05) is 75.3 Å². The van der Waals surface area contributed by atoms with Crippen molar-refractivity contribution in [2.45, 2.75) is 173 Å². The summed E-state index contributed by atoms with van der Waals surface area (Å²) in [6.07, 6.45) is -0.622. The number of fused-ring (bicyclic) bond motifs is 2. The number of pyridine rings is 1. The zero-order chi connectivity index (χ0) is 47.4. The van der Waals surface area contributed by atoms with Gasteiger partial charge in [-0.3, -0.25) is 19.5 Å². The summed E-state index contributed by atoms with van der Waals surface area (Å²) in [4.78, 5) is 29.5. The maximum atomic E-state index is 13.9. The predicted octanol–water partition coefficient (Wildman–Crippen LogP) is 5.67. The van der Waals surface area contributed by atoms with Gasteiger partial charge in [0.25, 0.3) is 0 Å². The third-order valence-electron chi connectivity index (χ3n) is 14.5. The van der Waals surface area contributed by atoms with Gasteiger partial charge in [0.05, 0.1) is 49.1 Å². The van der Waals surface area contributed by atoms with E-state index in [0.29, 0.717) is 17.6 Å². The molecule has 0 saturated carbocycles. The maximum absolute atomic E-state index is 13.9. The molecule has 15 atom stereocenters. The number of carbonyl (C=O) groups is 2. The van der Waals surface area contributed by atoms with E-state index in [1.165, 1.54) is 6.92 Å². The summed E-state index contributed by atoms with van der Waals surface area (Å²) in [5, 5.41) is 67.4. The minimum absolute atomic E-state index is 0.0246. The minimum Gasteiger partial charge on any atom is -0.505 e. The highest BCUT2D eigenvalue weighted by Crippen LogP contribution is 2.43. The molecule has 3 saturated heterocycles. The van der Waals surface area contributed by atoms with Crippen LogP contribution in [0.2, 0.25) is 0 Å². The van der Waals surface area contributed by atoms with Crippen molar-refractivity contribution in [3.05, 3.63) is 58.4 Å². The van der Waals surface area contributed by atoms with Gasteiger partial charge in [0.1, 0.15) is 40.0 Å². The van der Waals surface area contributed by atoms with Crippen LogP contribution in [0.5, 0.6) is 5.75 Å². The Labute approximate surface area is 388 Å². The van der Waals surface area contributed by atoms with Crippen LogP contribution in [0.1, 0.15) is 111 Å². The van der Waals surface area contributed by atoms with Crippen molar-refractivity contribution >= 4 is 24.0 Å². The van der Waals surface area contributed by atoms with E-state index in [9.17, 15) is 35.1 Å². The summed E-state index contributed by atoms with van der Waals surface area (Å²) in [7, 11) is 1.96. The number of aromatic nitrogens is 1. The lowest BCUT2D eigenvalue weighted by molar-refractivity contribution is -0.299. The van der Waals surface area contributed by atoms with E-state index in [4.69, 9.17) is 31.2 Å². The molecule has 4 aliphatic rings. The molecule has 16 nitrogen and oxygen atoms in total. The number of cyclic esters (lactones) is 1. The van der Waals surface area contributed by atoms with Crippen molar-refractivity contribution < 1.29 is 54.1 Å². The van der Waals surface area contributed by atoms with E-state index in [-0.39, 0.29) is 49.2 Å². The number of aromatic hydroxyl groups is 1. The van der Waals surface area contributed by atoms with Gasteiger partial charge >= 0.3 is 5.97 Å². The fraction of sp³-hybridized carbons (Fsp3) is 0.729. The number of aliphatic hydroxyl groups excluding tert-OH is 3. The number of hydrogen-bond acceptors (Lipinski definition) is 16. The molecule has 2 bridgehead atoms. The summed E-state index contributed by atoms with van der Waals surface area (Å²) >= 11 is 5.29. The Bertz CT molecular complexity index is 2000. The number of aryl methyl sites for hydroxylation is 1. The van der Waals surface area contributed by atoms with E-state index in [1.807, 2.05) is 29.7 Å². The second-order valence-corrected chi connectivity index (χ2v) is 20.0. The number of ether oxygens (including phenoxy) is 4. The van der Waals surface area contributed by atoms with Gasteiger partial charge in [0.2, 0.25) is 0 Å². The molecule has 0 amide bonds. The number of Topliss-reactive ketones (excluding diaryl/α,β-unsaturated/α-hetero) is 1. The lowest BCUT2D eigenvalue weighted by atomic mass is 9.75. The van der Waals surface area contributed by atoms with Crippen molar-refractivity contribution in [1.29, 1.82) is 0 Å². The number of likely N-dealkylation sites (N-methyl/N-ethyl adjacent to an activating group) is 1. The number of nitrogens with zero attached hydrogens (tertiary/aromatic N) is 5. The van der Waals surface area contributed by atoms with Crippen LogP contribution in [0, 0.1) is 28.3 Å². The van der Waals surface area contributed by atoms with Gasteiger partial charge < -0.3 is 49.0 Å². The molecule has 5 N–H and O–H groups in total. The summed E-state index contributed by atoms with van der Waals surface area (Å²) in [6.45, 7) is 14.5. The number of aliphatic hydroxyl groups is 4. The number of rotatable bonds is 14. The van der Waals surface area contributed by atoms with Crippen LogP contribution in [-0.2, 0) is 41.6 Å². The fourth-order valence-electron chi connectivity index (χ4n) is 10.3. The first-order valence-corrected chi connectivity index (χ1v) is 23.9. The first kappa shape index (κ1) is 51.0. The van der Waals surface area contributed by atoms with Crippen molar-refractivity contribution in [2.75, 3.05) is 26.7 Å². The van der Waals surface area contributed by atoms with Gasteiger partial charge in [-0.25, -0.2) is 0 Å². The number of esters is 1. The van der Waals surface area contributed by atoms with Crippen molar-refractivity contribution in [3.8, 4) is 5.75 Å². The van der Waals surface area contributed by atoms with E-state index in [0.717, 1.165) is 56.4 Å². The molecule has 3 fully saturated rings. The van der Waals surface area contributed by atoms with Crippen LogP contribution < -0.4 is 0 Å². The molecule has 17 heteroatoms. The first-order chi connectivity index (χ1) is 30.7. The highest BCUT2D eigenvalue weighted by molar-refractivity contribution is 7.71. The number of benzene rings is 1. The molecule has 4 aliphatic heterocycles. The molecular formula is C48H73N5O11S. The summed E-state index contributed by atoms with van der Waals surface area (Å²) in [5.41, 5.74) is -0.972. The monoisotopic (exact) mass is 928 g/mol. The van der Waals surface area contributed by atoms with Crippen molar-refractivity contribution in [2.24, 2.45) is 34.0 Å². The molecule has 1 aromatic carbocycles. The lowest BCUT2D eigenvalue weighted by Gasteiger charge is -2.47. The Morgan fingerprint density at radius 2 is 1.66 bits per heavy atom. The zero-order valence-electron chi connectivity index (χ0n) is 39.4. The zero-order valence-corrected chi connectivity index (χ0v) is 40.2. The second kappa shape index (κ2) is 21.7. The van der Waals surface area contributed by atoms with Gasteiger partial charge in [-0.2, -0.15) is 5.11 Å². The molecule has 1 aromatic heterocycles. The number of carbonyl (C=O) groups excluding carboxylic acids is 2. The molecule has 5 heterocycles. The molecule has 2 aromatic rings. The topological polar surface area (TPSA) is 208 Å². The van der Waals surface area contributed by atoms with Gasteiger partial charge in [-0.15, -0.1) is 0 Å². The average Bonchev–Trinajstić information content (AvgIpc) is 3.93. The van der Waals surface area contributed by atoms with Crippen LogP contribution >= 0.6 is 12.2 Å². The van der Waals surface area contributed by atoms with Crippen LogP contribution in [-0.4, -0.2) is 139 Å². The van der Waals surface area contributed by atoms with Crippen LogP contribution in [0.4, 0.5) is 0 Å². The molecule has 0 aliphatic carbocycles. The smallest absolute Gasteiger partial charge is 0.311 e. The average molecular weight is 928 g/mol. The number of ketones is 1. The summed E-state index contributed by atoms with van der Waals surface area (Å²) in [5.74, 6) is -4.43. The minimum atomic E-state index is -1.94. The quantitative estimate of drug-likeness (QED) is 0.0880. The third-order valence-corrected chi connectivity index (χ3v) is 14.9. The molecule has 0 spiro atoms. The fourth-order valence-corrected chi connectivity index (χ4v) is 10.5. The second-order valence-electron chi connectivity index (χ2n) is 19.6. The van der Waals surface area contributed by atoms with E-state index in [2.05, 4.69) is 39.5 Å². The Morgan fingerprint density at radius 1 is 0.969 bits per heavy atom. The SMILES string of the molecule is CC[C@H]1OC(=O)[C@H](C)[C@@H](O)[C@H](C)[C@@H](O[C@@H]2O[C@H](C)C[C@H](N(C)Cc3ccc(C4CN(CCCCCCn5cccc(O)c5=S)N=N4)cc3)[C@H]2O)[C@@]2(C)C[C@@H](CO2)C(=O)[C@H](C)[C@@H](O)[C@]1(C)O. The molecule has 0 radical (unpaired) electrons. The number of unbranched alkanes of at least 4 members (excludes halogenated alkanes) is 3. The Hall–Kier alpha value is -3.39. The number of hydrogen-bond donors (Lipinski definition) is 5. The molecular weight excluding hydrogens is 855 g/mol. The van der Waals surface area contributed by atoms with Gasteiger partial charge in [0.15, 0.2) is 6.29 Å². The van der Waals surface area contributed by atoms with Crippen LogP contribution in [0.15, 0.2) is 52.9 Å². The van der Waals surface area contributed by atoms with E-state index < -0.39 is 77.7 Å². The highest BCUT2D eigenvalue weighted by atomic mass is 32.1. The predicted molar refractivity (Wildman–Crippen MR) is 244 cm³/mol. The highest BCUT2D eigenvalue weighted by Gasteiger charge is 2.55. The normalized spacial score (nSPS) is 37.1. The lowest BCUT2D eigenvalue weighted by Crippen LogP contribution is -2.59. The van der Waals surface area contributed by atoms with Crippen molar-refractivity contribution in [1.82, 2.24) is 14.5 Å².